The lowest BCUT2D eigenvalue weighted by Gasteiger charge is -2.03. The van der Waals surface area contributed by atoms with Gasteiger partial charge >= 0.3 is 0 Å². The van der Waals surface area contributed by atoms with Gasteiger partial charge in [-0.15, -0.1) is 11.3 Å². The predicted molar refractivity (Wildman–Crippen MR) is 68.9 cm³/mol. The van der Waals surface area contributed by atoms with E-state index in [0.717, 1.165) is 4.88 Å². The monoisotopic (exact) mass is 314 g/mol. The molecule has 88 valence electrons. The molecule has 0 atom stereocenters. The largest absolute Gasteiger partial charge is 0.298 e. The summed E-state index contributed by atoms with van der Waals surface area (Å²) >= 11 is 4.38. The van der Waals surface area contributed by atoms with Crippen LogP contribution < -0.4 is 5.32 Å². The van der Waals surface area contributed by atoms with Crippen molar-refractivity contribution in [2.75, 3.05) is 5.32 Å². The van der Waals surface area contributed by atoms with Crippen molar-refractivity contribution in [1.29, 1.82) is 0 Å². The second-order valence-electron chi connectivity index (χ2n) is 3.33. The number of nitrogens with zero attached hydrogens (tertiary/aromatic N) is 1. The van der Waals surface area contributed by atoms with Crippen molar-refractivity contribution in [2.45, 2.75) is 6.92 Å². The molecule has 1 N–H and O–H groups in total. The molecule has 0 bridgehead atoms. The Balaban J connectivity index is 2.23. The van der Waals surface area contributed by atoms with Crippen LogP contribution in [0, 0.1) is 12.7 Å². The van der Waals surface area contributed by atoms with Crippen LogP contribution in [0.15, 0.2) is 28.9 Å². The Morgan fingerprint density at radius 2 is 2.29 bits per heavy atom. The van der Waals surface area contributed by atoms with E-state index in [-0.39, 0.29) is 10.0 Å². The first kappa shape index (κ1) is 12.2. The number of nitrogens with one attached hydrogen (secondary N) is 1. The van der Waals surface area contributed by atoms with Crippen LogP contribution in [-0.4, -0.2) is 10.9 Å². The highest BCUT2D eigenvalue weighted by molar-refractivity contribution is 9.10. The van der Waals surface area contributed by atoms with Crippen LogP contribution in [0.1, 0.15) is 15.2 Å². The number of anilines is 1. The summed E-state index contributed by atoms with van der Waals surface area (Å²) in [7, 11) is 0. The quantitative estimate of drug-likeness (QED) is 0.920. The minimum absolute atomic E-state index is 0.00720. The molecule has 0 fully saturated rings. The minimum Gasteiger partial charge on any atom is -0.298 e. The van der Waals surface area contributed by atoms with Gasteiger partial charge in [-0.3, -0.25) is 10.1 Å². The molecular formula is C11H8BrFN2OS. The SMILES string of the molecule is Cc1cnc(NC(=O)c2cccc(Br)c2F)s1. The number of thiazole rings is 1. The van der Waals surface area contributed by atoms with Gasteiger partial charge in [-0.25, -0.2) is 9.37 Å². The molecule has 2 aromatic rings. The third kappa shape index (κ3) is 2.70. The van der Waals surface area contributed by atoms with Gasteiger partial charge in [0.25, 0.3) is 5.91 Å². The van der Waals surface area contributed by atoms with Gasteiger partial charge in [0.2, 0.25) is 0 Å². The molecule has 1 heterocycles. The fourth-order valence-electron chi connectivity index (χ4n) is 1.26. The molecule has 0 aliphatic carbocycles. The second kappa shape index (κ2) is 4.93. The third-order valence-electron chi connectivity index (χ3n) is 2.04. The van der Waals surface area contributed by atoms with E-state index >= 15 is 0 Å². The third-order valence-corrected chi connectivity index (χ3v) is 3.48. The molecule has 0 aliphatic heterocycles. The average Bonchev–Trinajstić information content (AvgIpc) is 2.68. The molecule has 2 rings (SSSR count). The van der Waals surface area contributed by atoms with E-state index in [1.54, 1.807) is 18.3 Å². The Kier molecular flexibility index (Phi) is 3.54. The Bertz CT molecular complexity index is 570. The van der Waals surface area contributed by atoms with Crippen LogP contribution in [0.5, 0.6) is 0 Å². The first-order valence-corrected chi connectivity index (χ1v) is 6.36. The van der Waals surface area contributed by atoms with Crippen LogP contribution >= 0.6 is 27.3 Å². The number of benzene rings is 1. The Hall–Kier alpha value is -1.27. The van der Waals surface area contributed by atoms with Crippen LogP contribution in [0.2, 0.25) is 0 Å². The van der Waals surface area contributed by atoms with Crippen LogP contribution in [0.25, 0.3) is 0 Å². The van der Waals surface area contributed by atoms with Gasteiger partial charge < -0.3 is 0 Å². The number of carbonyl (C=O) groups excluding carboxylic acids is 1. The topological polar surface area (TPSA) is 42.0 Å². The van der Waals surface area contributed by atoms with E-state index < -0.39 is 11.7 Å². The number of amides is 1. The highest BCUT2D eigenvalue weighted by atomic mass is 79.9. The van der Waals surface area contributed by atoms with Gasteiger partial charge in [0.15, 0.2) is 5.13 Å². The lowest BCUT2D eigenvalue weighted by atomic mass is 10.2. The van der Waals surface area contributed by atoms with Crippen molar-refractivity contribution >= 4 is 38.3 Å². The molecule has 0 spiro atoms. The first-order chi connectivity index (χ1) is 8.08. The van der Waals surface area contributed by atoms with Gasteiger partial charge in [0.05, 0.1) is 10.0 Å². The maximum Gasteiger partial charge on any atom is 0.260 e. The van der Waals surface area contributed by atoms with Crippen molar-refractivity contribution < 1.29 is 9.18 Å². The molecule has 0 unspecified atom stereocenters. The number of hydrogen-bond acceptors (Lipinski definition) is 3. The summed E-state index contributed by atoms with van der Waals surface area (Å²) in [4.78, 5) is 16.8. The number of aromatic nitrogens is 1. The van der Waals surface area contributed by atoms with E-state index in [2.05, 4.69) is 26.2 Å². The predicted octanol–water partition coefficient (Wildman–Crippen LogP) is 3.61. The first-order valence-electron chi connectivity index (χ1n) is 4.75. The van der Waals surface area contributed by atoms with Gasteiger partial charge in [0, 0.05) is 11.1 Å². The maximum atomic E-state index is 13.6. The summed E-state index contributed by atoms with van der Waals surface area (Å²) in [6.45, 7) is 1.88. The van der Waals surface area contributed by atoms with E-state index in [1.807, 2.05) is 6.92 Å². The summed E-state index contributed by atoms with van der Waals surface area (Å²) < 4.78 is 13.9. The zero-order chi connectivity index (χ0) is 12.4. The van der Waals surface area contributed by atoms with Crippen molar-refractivity contribution in [3.05, 3.63) is 45.1 Å². The smallest absolute Gasteiger partial charge is 0.260 e. The number of carbonyl (C=O) groups is 1. The number of halogens is 2. The Morgan fingerprint density at radius 3 is 2.94 bits per heavy atom. The van der Waals surface area contributed by atoms with Crippen molar-refractivity contribution in [2.24, 2.45) is 0 Å². The van der Waals surface area contributed by atoms with Gasteiger partial charge in [-0.1, -0.05) is 6.07 Å². The Morgan fingerprint density at radius 1 is 1.53 bits per heavy atom. The number of aryl methyl sites for hydroxylation is 1. The molecule has 17 heavy (non-hydrogen) atoms. The van der Waals surface area contributed by atoms with E-state index in [4.69, 9.17) is 0 Å². The summed E-state index contributed by atoms with van der Waals surface area (Å²) in [5, 5.41) is 3.02. The highest BCUT2D eigenvalue weighted by Crippen LogP contribution is 2.21. The van der Waals surface area contributed by atoms with Crippen LogP contribution in [0.4, 0.5) is 9.52 Å². The number of hydrogen-bond donors (Lipinski definition) is 1. The average molecular weight is 315 g/mol. The lowest BCUT2D eigenvalue weighted by molar-refractivity contribution is 0.102. The fraction of sp³-hybridized carbons (Fsp3) is 0.0909. The zero-order valence-corrected chi connectivity index (χ0v) is 11.2. The molecule has 0 saturated carbocycles. The van der Waals surface area contributed by atoms with Crippen molar-refractivity contribution in [1.82, 2.24) is 4.98 Å². The normalized spacial score (nSPS) is 10.3. The summed E-state index contributed by atoms with van der Waals surface area (Å²) in [5.74, 6) is -1.07. The fourth-order valence-corrected chi connectivity index (χ4v) is 2.28. The van der Waals surface area contributed by atoms with Crippen molar-refractivity contribution in [3.8, 4) is 0 Å². The van der Waals surface area contributed by atoms with Crippen LogP contribution in [-0.2, 0) is 0 Å². The van der Waals surface area contributed by atoms with Crippen LogP contribution in [0.3, 0.4) is 0 Å². The van der Waals surface area contributed by atoms with E-state index in [0.29, 0.717) is 5.13 Å². The molecule has 1 amide bonds. The maximum absolute atomic E-state index is 13.6. The van der Waals surface area contributed by atoms with E-state index in [1.165, 1.54) is 17.4 Å². The zero-order valence-electron chi connectivity index (χ0n) is 8.83. The standard InChI is InChI=1S/C11H8BrFN2OS/c1-6-5-14-11(17-6)15-10(16)7-3-2-4-8(12)9(7)13/h2-5H,1H3,(H,14,15,16). The Labute approximate surface area is 110 Å². The summed E-state index contributed by atoms with van der Waals surface area (Å²) in [6, 6.07) is 4.57. The molecule has 3 nitrogen and oxygen atoms in total. The molecule has 6 heteroatoms. The molecule has 0 radical (unpaired) electrons. The lowest BCUT2D eigenvalue weighted by Crippen LogP contribution is -2.13. The highest BCUT2D eigenvalue weighted by Gasteiger charge is 2.14. The minimum atomic E-state index is -0.571. The molecule has 1 aromatic heterocycles. The van der Waals surface area contributed by atoms with Gasteiger partial charge in [-0.2, -0.15) is 0 Å². The molecule has 0 aliphatic rings. The van der Waals surface area contributed by atoms with E-state index in [9.17, 15) is 9.18 Å². The number of rotatable bonds is 2. The molecule has 1 aromatic carbocycles. The van der Waals surface area contributed by atoms with Gasteiger partial charge in [-0.05, 0) is 35.0 Å². The summed E-state index contributed by atoms with van der Waals surface area (Å²) in [5.41, 5.74) is -0.00720. The van der Waals surface area contributed by atoms with Crippen molar-refractivity contribution in [3.63, 3.8) is 0 Å². The van der Waals surface area contributed by atoms with Gasteiger partial charge in [0.1, 0.15) is 5.82 Å². The second-order valence-corrected chi connectivity index (χ2v) is 5.42. The summed E-state index contributed by atoms with van der Waals surface area (Å²) in [6.07, 6.45) is 1.65. The molecular weight excluding hydrogens is 307 g/mol. The molecule has 0 saturated heterocycles.